The third-order valence-corrected chi connectivity index (χ3v) is 4.23. The molecule has 1 aliphatic carbocycles. The summed E-state index contributed by atoms with van der Waals surface area (Å²) < 4.78 is 0. The van der Waals surface area contributed by atoms with Crippen LogP contribution in [0.15, 0.2) is 18.2 Å². The van der Waals surface area contributed by atoms with E-state index in [9.17, 15) is 14.9 Å². The number of nitrogens with zero attached hydrogens (tertiary/aromatic N) is 2. The summed E-state index contributed by atoms with van der Waals surface area (Å²) in [5.74, 6) is -1.14. The van der Waals surface area contributed by atoms with Crippen molar-refractivity contribution in [3.05, 3.63) is 33.9 Å². The molecule has 1 aromatic rings. The van der Waals surface area contributed by atoms with Gasteiger partial charge >= 0.3 is 5.97 Å². The second-order valence-electron chi connectivity index (χ2n) is 5.48. The number of carboxylic acids is 1. The van der Waals surface area contributed by atoms with Crippen molar-refractivity contribution in [2.24, 2.45) is 5.41 Å². The molecular weight excluding hydrogens is 248 g/mol. The number of nitro groups is 1. The maximum atomic E-state index is 11.1. The van der Waals surface area contributed by atoms with E-state index in [0.29, 0.717) is 11.1 Å². The van der Waals surface area contributed by atoms with Crippen LogP contribution in [0.1, 0.15) is 29.6 Å². The Labute approximate surface area is 109 Å². The maximum Gasteiger partial charge on any atom is 0.335 e. The topological polar surface area (TPSA) is 83.7 Å². The number of hydrogen-bond donors (Lipinski definition) is 1. The van der Waals surface area contributed by atoms with E-state index in [4.69, 9.17) is 5.11 Å². The summed E-state index contributed by atoms with van der Waals surface area (Å²) in [6.07, 6.45) is 3.64. The first-order chi connectivity index (χ1) is 9.01. The van der Waals surface area contributed by atoms with Gasteiger partial charge in [-0.15, -0.1) is 0 Å². The van der Waals surface area contributed by atoms with Gasteiger partial charge in [0.25, 0.3) is 5.69 Å². The van der Waals surface area contributed by atoms with Crippen molar-refractivity contribution in [3.8, 4) is 0 Å². The van der Waals surface area contributed by atoms with Crippen LogP contribution in [0.2, 0.25) is 0 Å². The van der Waals surface area contributed by atoms with Crippen molar-refractivity contribution in [1.29, 1.82) is 0 Å². The molecule has 2 aliphatic rings. The molecule has 6 nitrogen and oxygen atoms in total. The lowest BCUT2D eigenvalue weighted by Crippen LogP contribution is -2.60. The van der Waals surface area contributed by atoms with Crippen LogP contribution in [-0.4, -0.2) is 29.1 Å². The first-order valence-electron chi connectivity index (χ1n) is 6.27. The minimum atomic E-state index is -1.14. The molecule has 1 spiro atoms. The zero-order valence-corrected chi connectivity index (χ0v) is 10.3. The largest absolute Gasteiger partial charge is 0.478 e. The lowest BCUT2D eigenvalue weighted by Gasteiger charge is -2.56. The van der Waals surface area contributed by atoms with E-state index in [1.807, 2.05) is 4.90 Å². The highest BCUT2D eigenvalue weighted by Gasteiger charge is 2.48. The summed E-state index contributed by atoms with van der Waals surface area (Å²) in [6.45, 7) is 1.69. The van der Waals surface area contributed by atoms with Crippen molar-refractivity contribution >= 4 is 17.3 Å². The molecule has 0 unspecified atom stereocenters. The predicted octanol–water partition coefficient (Wildman–Crippen LogP) is 2.28. The average molecular weight is 262 g/mol. The molecule has 2 fully saturated rings. The van der Waals surface area contributed by atoms with Crippen molar-refractivity contribution in [2.45, 2.75) is 19.3 Å². The number of nitro benzene ring substituents is 1. The van der Waals surface area contributed by atoms with Gasteiger partial charge in [0.2, 0.25) is 0 Å². The summed E-state index contributed by atoms with van der Waals surface area (Å²) in [4.78, 5) is 23.4. The van der Waals surface area contributed by atoms with Gasteiger partial charge in [-0.2, -0.15) is 0 Å². The van der Waals surface area contributed by atoms with E-state index in [0.717, 1.165) is 19.2 Å². The molecule has 0 atom stereocenters. The van der Waals surface area contributed by atoms with Crippen molar-refractivity contribution in [1.82, 2.24) is 0 Å². The molecule has 0 radical (unpaired) electrons. The average Bonchev–Trinajstić information content (AvgIpc) is 2.25. The highest BCUT2D eigenvalue weighted by atomic mass is 16.6. The summed E-state index contributed by atoms with van der Waals surface area (Å²) in [7, 11) is 0. The third kappa shape index (κ3) is 1.83. The van der Waals surface area contributed by atoms with Crippen molar-refractivity contribution < 1.29 is 14.8 Å². The molecule has 100 valence electrons. The summed E-state index contributed by atoms with van der Waals surface area (Å²) in [5, 5.41) is 20.0. The minimum absolute atomic E-state index is 0.0469. The Morgan fingerprint density at radius 3 is 2.53 bits per heavy atom. The zero-order chi connectivity index (χ0) is 13.6. The SMILES string of the molecule is O=C(O)c1ccc(N2CC3(CCC3)C2)c([N+](=O)[O-])c1. The van der Waals surface area contributed by atoms with Gasteiger partial charge < -0.3 is 10.0 Å². The van der Waals surface area contributed by atoms with Crippen LogP contribution in [0, 0.1) is 15.5 Å². The van der Waals surface area contributed by atoms with Crippen LogP contribution in [-0.2, 0) is 0 Å². The highest BCUT2D eigenvalue weighted by Crippen LogP contribution is 2.50. The Bertz CT molecular complexity index is 558. The van der Waals surface area contributed by atoms with Gasteiger partial charge in [0.05, 0.1) is 10.5 Å². The first kappa shape index (κ1) is 12.0. The van der Waals surface area contributed by atoms with Gasteiger partial charge in [-0.1, -0.05) is 6.42 Å². The predicted molar refractivity (Wildman–Crippen MR) is 68.6 cm³/mol. The quantitative estimate of drug-likeness (QED) is 0.667. The molecule has 0 amide bonds. The van der Waals surface area contributed by atoms with Gasteiger partial charge in [0.15, 0.2) is 0 Å². The van der Waals surface area contributed by atoms with E-state index < -0.39 is 10.9 Å². The number of anilines is 1. The van der Waals surface area contributed by atoms with Crippen molar-refractivity contribution in [3.63, 3.8) is 0 Å². The van der Waals surface area contributed by atoms with E-state index in [1.54, 1.807) is 6.07 Å². The van der Waals surface area contributed by atoms with Gasteiger partial charge in [0, 0.05) is 24.6 Å². The van der Waals surface area contributed by atoms with Crippen LogP contribution in [0.4, 0.5) is 11.4 Å². The number of rotatable bonds is 3. The van der Waals surface area contributed by atoms with Crippen LogP contribution >= 0.6 is 0 Å². The number of hydrogen-bond acceptors (Lipinski definition) is 4. The molecule has 6 heteroatoms. The fourth-order valence-corrected chi connectivity index (χ4v) is 3.00. The lowest BCUT2D eigenvalue weighted by molar-refractivity contribution is -0.384. The number of carbonyl (C=O) groups is 1. The highest BCUT2D eigenvalue weighted by molar-refractivity contribution is 5.90. The molecule has 1 aliphatic heterocycles. The number of carboxylic acid groups (broad SMARTS) is 1. The van der Waals surface area contributed by atoms with Crippen molar-refractivity contribution in [2.75, 3.05) is 18.0 Å². The van der Waals surface area contributed by atoms with E-state index >= 15 is 0 Å². The third-order valence-electron chi connectivity index (χ3n) is 4.23. The zero-order valence-electron chi connectivity index (χ0n) is 10.3. The Morgan fingerprint density at radius 2 is 2.05 bits per heavy atom. The van der Waals surface area contributed by atoms with Gasteiger partial charge in [-0.05, 0) is 25.0 Å². The normalized spacial score (nSPS) is 19.7. The molecule has 1 saturated carbocycles. The molecular formula is C13H14N2O4. The maximum absolute atomic E-state index is 11.1. The van der Waals surface area contributed by atoms with Crippen LogP contribution in [0.3, 0.4) is 0 Å². The van der Waals surface area contributed by atoms with Gasteiger partial charge in [-0.3, -0.25) is 10.1 Å². The standard InChI is InChI=1S/C13H14N2O4/c16-12(17)9-2-3-10(11(6-9)15(18)19)14-7-13(8-14)4-1-5-13/h2-3,6H,1,4-5,7-8H2,(H,16,17). The molecule has 0 aromatic heterocycles. The van der Waals surface area contributed by atoms with Crippen LogP contribution < -0.4 is 4.90 Å². The van der Waals surface area contributed by atoms with Crippen LogP contribution in [0.25, 0.3) is 0 Å². The van der Waals surface area contributed by atoms with Crippen LogP contribution in [0.5, 0.6) is 0 Å². The molecule has 1 aromatic carbocycles. The second kappa shape index (κ2) is 3.94. The van der Waals surface area contributed by atoms with E-state index in [2.05, 4.69) is 0 Å². The second-order valence-corrected chi connectivity index (χ2v) is 5.48. The van der Waals surface area contributed by atoms with Gasteiger partial charge in [-0.25, -0.2) is 4.79 Å². The number of benzene rings is 1. The Hall–Kier alpha value is -2.11. The molecule has 0 bridgehead atoms. The Kier molecular flexibility index (Phi) is 2.48. The molecule has 19 heavy (non-hydrogen) atoms. The molecule has 1 N–H and O–H groups in total. The van der Waals surface area contributed by atoms with Gasteiger partial charge in [0.1, 0.15) is 5.69 Å². The Balaban J connectivity index is 1.88. The molecule has 1 heterocycles. The summed E-state index contributed by atoms with van der Waals surface area (Å²) >= 11 is 0. The fraction of sp³-hybridized carbons (Fsp3) is 0.462. The van der Waals surface area contributed by atoms with E-state index in [-0.39, 0.29) is 11.3 Å². The summed E-state index contributed by atoms with van der Waals surface area (Å²) in [5.41, 5.74) is 0.746. The number of aromatic carboxylic acids is 1. The minimum Gasteiger partial charge on any atom is -0.478 e. The lowest BCUT2D eigenvalue weighted by atomic mass is 9.63. The summed E-state index contributed by atoms with van der Waals surface area (Å²) in [6, 6.07) is 4.12. The smallest absolute Gasteiger partial charge is 0.335 e. The monoisotopic (exact) mass is 262 g/mol. The molecule has 3 rings (SSSR count). The molecule has 1 saturated heterocycles. The first-order valence-corrected chi connectivity index (χ1v) is 6.27. The Morgan fingerprint density at radius 1 is 1.37 bits per heavy atom. The fourth-order valence-electron chi connectivity index (χ4n) is 3.00. The van der Waals surface area contributed by atoms with E-state index in [1.165, 1.54) is 25.3 Å².